The number of nitrogens with zero attached hydrogens (tertiary/aromatic N) is 1. The summed E-state index contributed by atoms with van der Waals surface area (Å²) in [5.41, 5.74) is 4.58. The Balaban J connectivity index is 5.25. The average Bonchev–Trinajstić information content (AvgIpc) is 2.10. The molecule has 14 heavy (non-hydrogen) atoms. The maximum absolute atomic E-state index is 10.9. The second-order valence-corrected chi connectivity index (χ2v) is 2.44. The summed E-state index contributed by atoms with van der Waals surface area (Å²) in [5.74, 6) is -0.832. The van der Waals surface area contributed by atoms with E-state index in [0.717, 1.165) is 0 Å². The van der Waals surface area contributed by atoms with Crippen LogP contribution in [0.25, 0.3) is 0 Å². The molecule has 0 aromatic rings. The molecule has 2 N–H and O–H groups in total. The Morgan fingerprint density at radius 3 is 2.50 bits per heavy atom. The maximum Gasteiger partial charge on any atom is 0.278 e. The molecule has 0 aromatic heterocycles. The average molecular weight is 196 g/mol. The van der Waals surface area contributed by atoms with Gasteiger partial charge in [0.15, 0.2) is 0 Å². The smallest absolute Gasteiger partial charge is 0.278 e. The van der Waals surface area contributed by atoms with Gasteiger partial charge in [-0.2, -0.15) is 0 Å². The predicted octanol–water partition coefficient (Wildman–Crippen LogP) is 1.15. The van der Waals surface area contributed by atoms with Crippen LogP contribution >= 0.6 is 0 Å². The molecule has 0 bridgehead atoms. The Morgan fingerprint density at radius 1 is 1.64 bits per heavy atom. The second kappa shape index (κ2) is 5.69. The Hall–Kier alpha value is -1.91. The molecule has 5 heteroatoms. The summed E-state index contributed by atoms with van der Waals surface area (Å²) in [6.07, 6.45) is 4.30. The van der Waals surface area contributed by atoms with Gasteiger partial charge in [0.25, 0.3) is 11.6 Å². The minimum Gasteiger partial charge on any atom is -0.365 e. The molecule has 0 aliphatic carbocycles. The van der Waals surface area contributed by atoms with E-state index in [1.807, 2.05) is 0 Å². The van der Waals surface area contributed by atoms with E-state index in [1.165, 1.54) is 18.2 Å². The first-order chi connectivity index (χ1) is 6.54. The van der Waals surface area contributed by atoms with Crippen molar-refractivity contribution in [2.75, 3.05) is 0 Å². The van der Waals surface area contributed by atoms with E-state index >= 15 is 0 Å². The predicted molar refractivity (Wildman–Crippen MR) is 52.8 cm³/mol. The molecule has 0 fully saturated rings. The summed E-state index contributed by atoms with van der Waals surface area (Å²) in [4.78, 5) is 20.8. The van der Waals surface area contributed by atoms with Crippen LogP contribution in [-0.2, 0) is 4.79 Å². The zero-order valence-electron chi connectivity index (χ0n) is 7.90. The SMILES string of the molecule is C=C/C=C(C(N)=O)\C(=C/CC)[N+](=O)[O-]. The largest absolute Gasteiger partial charge is 0.365 e. The summed E-state index contributed by atoms with van der Waals surface area (Å²) in [6.45, 7) is 5.08. The molecule has 0 heterocycles. The quantitative estimate of drug-likeness (QED) is 0.310. The van der Waals surface area contributed by atoms with Crippen LogP contribution in [0.2, 0.25) is 0 Å². The van der Waals surface area contributed by atoms with Crippen molar-refractivity contribution < 1.29 is 9.72 Å². The van der Waals surface area contributed by atoms with Crippen molar-refractivity contribution in [3.63, 3.8) is 0 Å². The summed E-state index contributed by atoms with van der Waals surface area (Å²) in [6, 6.07) is 0. The molecule has 5 nitrogen and oxygen atoms in total. The van der Waals surface area contributed by atoms with Crippen LogP contribution in [0.15, 0.2) is 36.1 Å². The lowest BCUT2D eigenvalue weighted by Crippen LogP contribution is -2.18. The standard InChI is InChI=1S/C9H12N2O3/c1-3-5-7(9(10)12)8(6-4-2)11(13)14/h3,5-6H,1,4H2,2H3,(H2,10,12)/b7-5+,8-6+. The molecule has 0 aromatic carbocycles. The number of rotatable bonds is 5. The van der Waals surface area contributed by atoms with Gasteiger partial charge in [-0.15, -0.1) is 0 Å². The summed E-state index contributed by atoms with van der Waals surface area (Å²) in [5, 5.41) is 10.6. The highest BCUT2D eigenvalue weighted by Gasteiger charge is 2.20. The Labute approximate surface area is 81.7 Å². The number of allylic oxidation sites excluding steroid dienone is 3. The molecule has 0 radical (unpaired) electrons. The Morgan fingerprint density at radius 2 is 2.21 bits per heavy atom. The van der Waals surface area contributed by atoms with Gasteiger partial charge >= 0.3 is 0 Å². The summed E-state index contributed by atoms with van der Waals surface area (Å²) >= 11 is 0. The van der Waals surface area contributed by atoms with Crippen LogP contribution in [0, 0.1) is 10.1 Å². The molecule has 0 unspecified atom stereocenters. The van der Waals surface area contributed by atoms with Crippen molar-refractivity contribution in [1.82, 2.24) is 0 Å². The molecule has 0 spiro atoms. The van der Waals surface area contributed by atoms with Gasteiger partial charge in [0.1, 0.15) is 5.57 Å². The van der Waals surface area contributed by atoms with Crippen molar-refractivity contribution >= 4 is 5.91 Å². The highest BCUT2D eigenvalue weighted by Crippen LogP contribution is 2.11. The maximum atomic E-state index is 10.9. The third-order valence-electron chi connectivity index (χ3n) is 1.42. The minimum atomic E-state index is -0.832. The van der Waals surface area contributed by atoms with Gasteiger partial charge in [0, 0.05) is 0 Å². The lowest BCUT2D eigenvalue weighted by molar-refractivity contribution is -0.420. The number of hydrogen-bond acceptors (Lipinski definition) is 3. The first-order valence-electron chi connectivity index (χ1n) is 4.02. The molecule has 0 aliphatic heterocycles. The highest BCUT2D eigenvalue weighted by atomic mass is 16.6. The Kier molecular flexibility index (Phi) is 4.91. The van der Waals surface area contributed by atoms with Crippen molar-refractivity contribution in [2.24, 2.45) is 5.73 Å². The molecule has 0 atom stereocenters. The monoisotopic (exact) mass is 196 g/mol. The lowest BCUT2D eigenvalue weighted by atomic mass is 10.1. The van der Waals surface area contributed by atoms with E-state index < -0.39 is 10.8 Å². The van der Waals surface area contributed by atoms with Gasteiger partial charge in [0.05, 0.1) is 4.92 Å². The number of hydrogen-bond donors (Lipinski definition) is 1. The van der Waals surface area contributed by atoms with Crippen molar-refractivity contribution in [1.29, 1.82) is 0 Å². The number of nitrogens with two attached hydrogens (primary N) is 1. The van der Waals surface area contributed by atoms with Crippen LogP contribution in [-0.4, -0.2) is 10.8 Å². The van der Waals surface area contributed by atoms with Crippen LogP contribution in [0.5, 0.6) is 0 Å². The fourth-order valence-corrected chi connectivity index (χ4v) is 0.888. The van der Waals surface area contributed by atoms with Gasteiger partial charge in [-0.05, 0) is 18.6 Å². The molecule has 0 aliphatic rings. The van der Waals surface area contributed by atoms with E-state index in [9.17, 15) is 14.9 Å². The highest BCUT2D eigenvalue weighted by molar-refractivity contribution is 5.96. The topological polar surface area (TPSA) is 86.2 Å². The summed E-state index contributed by atoms with van der Waals surface area (Å²) in [7, 11) is 0. The van der Waals surface area contributed by atoms with E-state index in [4.69, 9.17) is 5.73 Å². The fourth-order valence-electron chi connectivity index (χ4n) is 0.888. The van der Waals surface area contributed by atoms with Crippen molar-refractivity contribution in [2.45, 2.75) is 13.3 Å². The number of nitro groups is 1. The number of primary amides is 1. The number of carbonyl (C=O) groups is 1. The zero-order chi connectivity index (χ0) is 11.1. The van der Waals surface area contributed by atoms with E-state index in [1.54, 1.807) is 6.92 Å². The number of carbonyl (C=O) groups excluding carboxylic acids is 1. The molecule has 0 rings (SSSR count). The zero-order valence-corrected chi connectivity index (χ0v) is 7.90. The third-order valence-corrected chi connectivity index (χ3v) is 1.42. The van der Waals surface area contributed by atoms with Gasteiger partial charge < -0.3 is 5.73 Å². The lowest BCUT2D eigenvalue weighted by Gasteiger charge is -1.98. The summed E-state index contributed by atoms with van der Waals surface area (Å²) < 4.78 is 0. The molecule has 1 amide bonds. The number of amides is 1. The first kappa shape index (κ1) is 12.1. The fraction of sp³-hybridized carbons (Fsp3) is 0.222. The normalized spacial score (nSPS) is 12.4. The van der Waals surface area contributed by atoms with E-state index in [2.05, 4.69) is 6.58 Å². The van der Waals surface area contributed by atoms with Crippen LogP contribution in [0.4, 0.5) is 0 Å². The minimum absolute atomic E-state index is 0.133. The van der Waals surface area contributed by atoms with Gasteiger partial charge in [-0.25, -0.2) is 0 Å². The van der Waals surface area contributed by atoms with Crippen LogP contribution < -0.4 is 5.73 Å². The second-order valence-electron chi connectivity index (χ2n) is 2.44. The molecular formula is C9H12N2O3. The van der Waals surface area contributed by atoms with Crippen LogP contribution in [0.3, 0.4) is 0 Å². The van der Waals surface area contributed by atoms with Crippen molar-refractivity contribution in [3.05, 3.63) is 46.2 Å². The van der Waals surface area contributed by atoms with Gasteiger partial charge in [-0.1, -0.05) is 19.6 Å². The van der Waals surface area contributed by atoms with Gasteiger partial charge in [0.2, 0.25) is 0 Å². The molecule has 0 saturated heterocycles. The third kappa shape index (κ3) is 3.22. The van der Waals surface area contributed by atoms with Crippen LogP contribution in [0.1, 0.15) is 13.3 Å². The van der Waals surface area contributed by atoms with E-state index in [-0.39, 0.29) is 11.3 Å². The first-order valence-corrected chi connectivity index (χ1v) is 4.02. The molecular weight excluding hydrogens is 184 g/mol. The molecule has 0 saturated carbocycles. The van der Waals surface area contributed by atoms with Crippen molar-refractivity contribution in [3.8, 4) is 0 Å². The van der Waals surface area contributed by atoms with Gasteiger partial charge in [-0.3, -0.25) is 14.9 Å². The molecule has 76 valence electrons. The van der Waals surface area contributed by atoms with E-state index in [0.29, 0.717) is 6.42 Å². The Bertz CT molecular complexity index is 316.